The van der Waals surface area contributed by atoms with Crippen molar-refractivity contribution >= 4 is 11.9 Å². The van der Waals surface area contributed by atoms with E-state index in [1.807, 2.05) is 7.05 Å². The van der Waals surface area contributed by atoms with E-state index in [9.17, 15) is 4.79 Å². The Morgan fingerprint density at radius 1 is 1.33 bits per heavy atom. The van der Waals surface area contributed by atoms with Crippen molar-refractivity contribution in [2.24, 2.45) is 7.05 Å². The van der Waals surface area contributed by atoms with Gasteiger partial charge in [-0.25, -0.2) is 4.68 Å². The summed E-state index contributed by atoms with van der Waals surface area (Å²) in [5, 5.41) is 10.6. The standard InChI is InChI=1S/C14H23N5O2/c1-19-14(17-13(20)11-4-2-3-9-21-11)16-12(18-19)10-5-7-15-8-6-10/h10-11,15H,2-9H2,1H3,(H,16,17,18,20). The molecule has 116 valence electrons. The molecular weight excluding hydrogens is 270 g/mol. The minimum Gasteiger partial charge on any atom is -0.368 e. The van der Waals surface area contributed by atoms with E-state index in [1.165, 1.54) is 0 Å². The zero-order valence-electron chi connectivity index (χ0n) is 12.5. The molecule has 3 heterocycles. The number of piperidine rings is 1. The lowest BCUT2D eigenvalue weighted by atomic mass is 9.98. The monoisotopic (exact) mass is 293 g/mol. The summed E-state index contributed by atoms with van der Waals surface area (Å²) >= 11 is 0. The second kappa shape index (κ2) is 6.53. The number of anilines is 1. The average Bonchev–Trinajstić information content (AvgIpc) is 2.90. The molecule has 0 saturated carbocycles. The number of hydrogen-bond acceptors (Lipinski definition) is 5. The number of aryl methyl sites for hydroxylation is 1. The molecule has 1 amide bonds. The number of hydrogen-bond donors (Lipinski definition) is 2. The summed E-state index contributed by atoms with van der Waals surface area (Å²) in [5.74, 6) is 1.62. The molecule has 1 atom stereocenters. The van der Waals surface area contributed by atoms with Crippen LogP contribution in [0.2, 0.25) is 0 Å². The predicted molar refractivity (Wildman–Crippen MR) is 78.1 cm³/mol. The van der Waals surface area contributed by atoms with E-state index in [1.54, 1.807) is 4.68 Å². The van der Waals surface area contributed by atoms with Gasteiger partial charge in [0.15, 0.2) is 5.82 Å². The van der Waals surface area contributed by atoms with Gasteiger partial charge in [-0.05, 0) is 45.2 Å². The molecule has 7 nitrogen and oxygen atoms in total. The largest absolute Gasteiger partial charge is 0.368 e. The van der Waals surface area contributed by atoms with Gasteiger partial charge in [-0.15, -0.1) is 0 Å². The number of nitrogens with zero attached hydrogens (tertiary/aromatic N) is 3. The smallest absolute Gasteiger partial charge is 0.255 e. The summed E-state index contributed by atoms with van der Waals surface area (Å²) in [4.78, 5) is 16.7. The number of carbonyl (C=O) groups is 1. The Hall–Kier alpha value is -1.47. The van der Waals surface area contributed by atoms with Crippen molar-refractivity contribution in [1.29, 1.82) is 0 Å². The maximum atomic E-state index is 12.2. The molecule has 0 aromatic carbocycles. The molecule has 21 heavy (non-hydrogen) atoms. The number of amides is 1. The zero-order valence-corrected chi connectivity index (χ0v) is 12.5. The van der Waals surface area contributed by atoms with Crippen LogP contribution in [0.5, 0.6) is 0 Å². The maximum absolute atomic E-state index is 12.2. The van der Waals surface area contributed by atoms with E-state index in [0.717, 1.165) is 51.0 Å². The third-order valence-electron chi connectivity index (χ3n) is 4.19. The van der Waals surface area contributed by atoms with Crippen molar-refractivity contribution in [2.45, 2.75) is 44.1 Å². The molecule has 0 bridgehead atoms. The molecule has 3 rings (SSSR count). The van der Waals surface area contributed by atoms with Crippen molar-refractivity contribution in [3.63, 3.8) is 0 Å². The molecule has 2 N–H and O–H groups in total. The predicted octanol–water partition coefficient (Wildman–Crippen LogP) is 0.790. The SMILES string of the molecule is Cn1nc(C2CCNCC2)nc1NC(=O)C1CCCCO1. The van der Waals surface area contributed by atoms with Crippen molar-refractivity contribution in [2.75, 3.05) is 25.0 Å². The molecule has 1 aromatic heterocycles. The van der Waals surface area contributed by atoms with Gasteiger partial charge in [0.25, 0.3) is 5.91 Å². The van der Waals surface area contributed by atoms with E-state index in [4.69, 9.17) is 4.74 Å². The molecule has 2 saturated heterocycles. The van der Waals surface area contributed by atoms with Gasteiger partial charge in [0.05, 0.1) is 0 Å². The Bertz CT molecular complexity index is 490. The molecule has 0 spiro atoms. The number of ether oxygens (including phenoxy) is 1. The van der Waals surface area contributed by atoms with Crippen LogP contribution >= 0.6 is 0 Å². The lowest BCUT2D eigenvalue weighted by molar-refractivity contribution is -0.130. The Balaban J connectivity index is 1.64. The Morgan fingerprint density at radius 3 is 2.86 bits per heavy atom. The van der Waals surface area contributed by atoms with Gasteiger partial charge in [-0.2, -0.15) is 10.1 Å². The zero-order chi connectivity index (χ0) is 14.7. The average molecular weight is 293 g/mol. The molecule has 2 fully saturated rings. The maximum Gasteiger partial charge on any atom is 0.255 e. The summed E-state index contributed by atoms with van der Waals surface area (Å²) in [6, 6.07) is 0. The molecule has 7 heteroatoms. The highest BCUT2D eigenvalue weighted by Gasteiger charge is 2.25. The Kier molecular flexibility index (Phi) is 4.50. The molecule has 0 aliphatic carbocycles. The second-order valence-electron chi connectivity index (χ2n) is 5.79. The summed E-state index contributed by atoms with van der Waals surface area (Å²) in [7, 11) is 1.81. The molecule has 1 unspecified atom stereocenters. The van der Waals surface area contributed by atoms with Crippen LogP contribution in [0.3, 0.4) is 0 Å². The van der Waals surface area contributed by atoms with E-state index in [-0.39, 0.29) is 12.0 Å². The number of carbonyl (C=O) groups excluding carboxylic acids is 1. The highest BCUT2D eigenvalue weighted by Crippen LogP contribution is 2.23. The fourth-order valence-electron chi connectivity index (χ4n) is 2.90. The molecule has 2 aliphatic heterocycles. The molecule has 2 aliphatic rings. The third kappa shape index (κ3) is 3.41. The highest BCUT2D eigenvalue weighted by molar-refractivity contribution is 5.92. The van der Waals surface area contributed by atoms with Gasteiger partial charge < -0.3 is 10.1 Å². The first-order valence-corrected chi connectivity index (χ1v) is 7.78. The Morgan fingerprint density at radius 2 is 2.14 bits per heavy atom. The minimum absolute atomic E-state index is 0.109. The summed E-state index contributed by atoms with van der Waals surface area (Å²) in [5.41, 5.74) is 0. The van der Waals surface area contributed by atoms with E-state index in [0.29, 0.717) is 18.5 Å². The first-order chi connectivity index (χ1) is 10.2. The minimum atomic E-state index is -0.349. The van der Waals surface area contributed by atoms with Crippen molar-refractivity contribution in [3.05, 3.63) is 5.82 Å². The van der Waals surface area contributed by atoms with Crippen LogP contribution in [-0.4, -0.2) is 46.5 Å². The number of nitrogens with one attached hydrogen (secondary N) is 2. The van der Waals surface area contributed by atoms with E-state index < -0.39 is 0 Å². The Labute approximate surface area is 124 Å². The topological polar surface area (TPSA) is 81.1 Å². The van der Waals surface area contributed by atoms with Gasteiger partial charge in [0, 0.05) is 19.6 Å². The van der Waals surface area contributed by atoms with Crippen LogP contribution in [0.25, 0.3) is 0 Å². The van der Waals surface area contributed by atoms with Crippen LogP contribution in [0.15, 0.2) is 0 Å². The van der Waals surface area contributed by atoms with Crippen molar-refractivity contribution in [1.82, 2.24) is 20.1 Å². The lowest BCUT2D eigenvalue weighted by Gasteiger charge is -2.21. The van der Waals surface area contributed by atoms with Crippen LogP contribution in [0, 0.1) is 0 Å². The van der Waals surface area contributed by atoms with Gasteiger partial charge >= 0.3 is 0 Å². The fourth-order valence-corrected chi connectivity index (χ4v) is 2.90. The summed E-state index contributed by atoms with van der Waals surface area (Å²) in [6.07, 6.45) is 4.60. The molecular formula is C14H23N5O2. The van der Waals surface area contributed by atoms with Crippen molar-refractivity contribution in [3.8, 4) is 0 Å². The third-order valence-corrected chi connectivity index (χ3v) is 4.19. The number of aromatic nitrogens is 3. The van der Waals surface area contributed by atoms with Crippen LogP contribution in [0.1, 0.15) is 43.8 Å². The van der Waals surface area contributed by atoms with Crippen LogP contribution in [0.4, 0.5) is 5.95 Å². The first-order valence-electron chi connectivity index (χ1n) is 7.78. The first kappa shape index (κ1) is 14.5. The second-order valence-corrected chi connectivity index (χ2v) is 5.79. The van der Waals surface area contributed by atoms with Crippen LogP contribution in [-0.2, 0) is 16.6 Å². The molecule has 1 aromatic rings. The normalized spacial score (nSPS) is 24.0. The fraction of sp³-hybridized carbons (Fsp3) is 0.786. The van der Waals surface area contributed by atoms with Crippen LogP contribution < -0.4 is 10.6 Å². The van der Waals surface area contributed by atoms with Gasteiger partial charge in [-0.3, -0.25) is 10.1 Å². The lowest BCUT2D eigenvalue weighted by Crippen LogP contribution is -2.34. The van der Waals surface area contributed by atoms with Gasteiger partial charge in [0.1, 0.15) is 6.10 Å². The van der Waals surface area contributed by atoms with Crippen molar-refractivity contribution < 1.29 is 9.53 Å². The van der Waals surface area contributed by atoms with Gasteiger partial charge in [-0.1, -0.05) is 0 Å². The molecule has 0 radical (unpaired) electrons. The quantitative estimate of drug-likeness (QED) is 0.861. The van der Waals surface area contributed by atoms with Gasteiger partial charge in [0.2, 0.25) is 5.95 Å². The van der Waals surface area contributed by atoms with E-state index >= 15 is 0 Å². The summed E-state index contributed by atoms with van der Waals surface area (Å²) < 4.78 is 7.15. The van der Waals surface area contributed by atoms with E-state index in [2.05, 4.69) is 20.7 Å². The summed E-state index contributed by atoms with van der Waals surface area (Å²) in [6.45, 7) is 2.66. The number of rotatable bonds is 3. The highest BCUT2D eigenvalue weighted by atomic mass is 16.5.